The summed E-state index contributed by atoms with van der Waals surface area (Å²) in [6, 6.07) is 0.400. The Hall–Kier alpha value is -0.350. The van der Waals surface area contributed by atoms with E-state index in [0.29, 0.717) is 6.04 Å². The van der Waals surface area contributed by atoms with Gasteiger partial charge in [0.15, 0.2) is 0 Å². The number of aromatic nitrogens is 2. The molecule has 1 aromatic rings. The van der Waals surface area contributed by atoms with Crippen molar-refractivity contribution in [3.8, 4) is 0 Å². The van der Waals surface area contributed by atoms with Crippen molar-refractivity contribution in [1.82, 2.24) is 15.1 Å². The fraction of sp³-hybridized carbons (Fsp3) is 0.786. The summed E-state index contributed by atoms with van der Waals surface area (Å²) in [5, 5.41) is 8.09. The third-order valence-corrected chi connectivity index (χ3v) is 4.05. The van der Waals surface area contributed by atoms with Crippen molar-refractivity contribution >= 4 is 15.9 Å². The van der Waals surface area contributed by atoms with Crippen molar-refractivity contribution in [1.29, 1.82) is 0 Å². The average molecular weight is 316 g/mol. The molecule has 2 unspecified atom stereocenters. The van der Waals surface area contributed by atoms with E-state index in [9.17, 15) is 0 Å². The lowest BCUT2D eigenvalue weighted by molar-refractivity contribution is 0.381. The Bertz CT molecular complexity index is 349. The first-order valence-corrected chi connectivity index (χ1v) is 7.87. The number of halogens is 1. The molecule has 1 aromatic heterocycles. The second-order valence-corrected chi connectivity index (χ2v) is 5.80. The molecule has 104 valence electrons. The lowest BCUT2D eigenvalue weighted by Crippen LogP contribution is -2.26. The summed E-state index contributed by atoms with van der Waals surface area (Å²) in [5.41, 5.74) is 1.30. The largest absolute Gasteiger partial charge is 0.309 e. The number of rotatable bonds is 8. The highest BCUT2D eigenvalue weighted by Gasteiger charge is 2.20. The molecule has 3 nitrogen and oxygen atoms in total. The van der Waals surface area contributed by atoms with E-state index in [1.807, 2.05) is 6.20 Å². The zero-order chi connectivity index (χ0) is 13.5. The Labute approximate surface area is 119 Å². The van der Waals surface area contributed by atoms with Crippen LogP contribution in [0.4, 0.5) is 0 Å². The highest BCUT2D eigenvalue weighted by atomic mass is 79.9. The fourth-order valence-electron chi connectivity index (χ4n) is 2.15. The molecule has 0 spiro atoms. The summed E-state index contributed by atoms with van der Waals surface area (Å²) in [6.07, 6.45) is 5.47. The highest BCUT2D eigenvalue weighted by Crippen LogP contribution is 2.29. The summed E-state index contributed by atoms with van der Waals surface area (Å²) in [4.78, 5) is 0. The van der Waals surface area contributed by atoms with Crippen LogP contribution in [-0.4, -0.2) is 16.3 Å². The van der Waals surface area contributed by atoms with Crippen molar-refractivity contribution in [2.45, 2.75) is 59.5 Å². The summed E-state index contributed by atoms with van der Waals surface area (Å²) < 4.78 is 3.22. The lowest BCUT2D eigenvalue weighted by atomic mass is 9.97. The molecule has 4 heteroatoms. The quantitative estimate of drug-likeness (QED) is 0.781. The van der Waals surface area contributed by atoms with Gasteiger partial charge in [-0.25, -0.2) is 0 Å². The van der Waals surface area contributed by atoms with Gasteiger partial charge in [0, 0.05) is 6.54 Å². The second kappa shape index (κ2) is 7.95. The molecule has 0 aliphatic carbocycles. The highest BCUT2D eigenvalue weighted by molar-refractivity contribution is 9.10. The van der Waals surface area contributed by atoms with Crippen LogP contribution in [0, 0.1) is 5.92 Å². The number of nitrogens with one attached hydrogen (secondary N) is 1. The van der Waals surface area contributed by atoms with Crippen molar-refractivity contribution < 1.29 is 0 Å². The third-order valence-electron chi connectivity index (χ3n) is 3.44. The van der Waals surface area contributed by atoms with Crippen LogP contribution >= 0.6 is 15.9 Å². The molecule has 1 heterocycles. The molecule has 0 radical (unpaired) electrons. The van der Waals surface area contributed by atoms with Crippen molar-refractivity contribution in [2.75, 3.05) is 6.54 Å². The molecule has 1 N–H and O–H groups in total. The van der Waals surface area contributed by atoms with Crippen molar-refractivity contribution in [3.05, 3.63) is 16.4 Å². The van der Waals surface area contributed by atoms with Gasteiger partial charge >= 0.3 is 0 Å². The van der Waals surface area contributed by atoms with E-state index in [1.54, 1.807) is 0 Å². The standard InChI is InChI=1S/C14H26BrN3/c1-5-8-16-13(9-11(4)6-2)14-12(15)10-17-18(14)7-3/h10-11,13,16H,5-9H2,1-4H3. The molecule has 0 saturated heterocycles. The molecule has 0 amide bonds. The molecule has 0 saturated carbocycles. The normalized spacial score (nSPS) is 14.7. The molecule has 18 heavy (non-hydrogen) atoms. The maximum Gasteiger partial charge on any atom is 0.0695 e. The predicted molar refractivity (Wildman–Crippen MR) is 80.7 cm³/mol. The molecule has 2 atom stereocenters. The first kappa shape index (κ1) is 15.7. The second-order valence-electron chi connectivity index (χ2n) is 4.95. The smallest absolute Gasteiger partial charge is 0.0695 e. The van der Waals surface area contributed by atoms with Gasteiger partial charge in [0.05, 0.1) is 22.4 Å². The number of hydrogen-bond acceptors (Lipinski definition) is 2. The Morgan fingerprint density at radius 1 is 1.39 bits per heavy atom. The maximum absolute atomic E-state index is 4.43. The maximum atomic E-state index is 4.43. The lowest BCUT2D eigenvalue weighted by Gasteiger charge is -2.23. The van der Waals surface area contributed by atoms with Crippen molar-refractivity contribution in [2.24, 2.45) is 5.92 Å². The van der Waals surface area contributed by atoms with Crippen LogP contribution in [0.15, 0.2) is 10.7 Å². The number of aryl methyl sites for hydroxylation is 1. The van der Waals surface area contributed by atoms with E-state index < -0.39 is 0 Å². The van der Waals surface area contributed by atoms with Crippen LogP contribution < -0.4 is 5.32 Å². The fourth-order valence-corrected chi connectivity index (χ4v) is 2.72. The van der Waals surface area contributed by atoms with Gasteiger partial charge in [0.1, 0.15) is 0 Å². The first-order chi connectivity index (χ1) is 8.63. The Balaban J connectivity index is 2.89. The summed E-state index contributed by atoms with van der Waals surface area (Å²) in [7, 11) is 0. The molecule has 1 rings (SSSR count). The van der Waals surface area contributed by atoms with Gasteiger partial charge in [-0.3, -0.25) is 4.68 Å². The zero-order valence-electron chi connectivity index (χ0n) is 12.0. The van der Waals surface area contributed by atoms with E-state index in [0.717, 1.165) is 29.9 Å². The van der Waals surface area contributed by atoms with Gasteiger partial charge in [-0.1, -0.05) is 27.2 Å². The summed E-state index contributed by atoms with van der Waals surface area (Å²) in [6.45, 7) is 10.9. The van der Waals surface area contributed by atoms with Gasteiger partial charge < -0.3 is 5.32 Å². The predicted octanol–water partition coefficient (Wildman–Crippen LogP) is 4.14. The molecule has 0 aliphatic heterocycles. The molecule has 0 fully saturated rings. The SMILES string of the molecule is CCCNC(CC(C)CC)c1c(Br)cnn1CC. The zero-order valence-corrected chi connectivity index (χ0v) is 13.6. The minimum atomic E-state index is 0.400. The number of nitrogens with zero attached hydrogens (tertiary/aromatic N) is 2. The van der Waals surface area contributed by atoms with Crippen LogP contribution in [0.1, 0.15) is 58.7 Å². The van der Waals surface area contributed by atoms with E-state index in [2.05, 4.69) is 58.7 Å². The van der Waals surface area contributed by atoms with Gasteiger partial charge in [0.2, 0.25) is 0 Å². The minimum Gasteiger partial charge on any atom is -0.309 e. The van der Waals surface area contributed by atoms with Gasteiger partial charge in [-0.2, -0.15) is 5.10 Å². The summed E-state index contributed by atoms with van der Waals surface area (Å²) in [5.74, 6) is 0.728. The Morgan fingerprint density at radius 2 is 2.11 bits per heavy atom. The van der Waals surface area contributed by atoms with Crippen LogP contribution in [0.25, 0.3) is 0 Å². The van der Waals surface area contributed by atoms with Gasteiger partial charge in [0.25, 0.3) is 0 Å². The van der Waals surface area contributed by atoms with Crippen LogP contribution in [0.2, 0.25) is 0 Å². The van der Waals surface area contributed by atoms with Gasteiger partial charge in [-0.05, 0) is 48.2 Å². The topological polar surface area (TPSA) is 29.9 Å². The first-order valence-electron chi connectivity index (χ1n) is 7.08. The Morgan fingerprint density at radius 3 is 2.67 bits per heavy atom. The van der Waals surface area contributed by atoms with Crippen LogP contribution in [0.5, 0.6) is 0 Å². The van der Waals surface area contributed by atoms with Crippen molar-refractivity contribution in [3.63, 3.8) is 0 Å². The molecule has 0 aliphatic rings. The van der Waals surface area contributed by atoms with E-state index in [4.69, 9.17) is 0 Å². The average Bonchev–Trinajstić information content (AvgIpc) is 2.75. The van der Waals surface area contributed by atoms with Crippen LogP contribution in [0.3, 0.4) is 0 Å². The van der Waals surface area contributed by atoms with Gasteiger partial charge in [-0.15, -0.1) is 0 Å². The molecule has 0 bridgehead atoms. The summed E-state index contributed by atoms with van der Waals surface area (Å²) >= 11 is 3.64. The molecule has 0 aromatic carbocycles. The van der Waals surface area contributed by atoms with E-state index >= 15 is 0 Å². The van der Waals surface area contributed by atoms with E-state index in [1.165, 1.54) is 18.5 Å². The monoisotopic (exact) mass is 315 g/mol. The van der Waals surface area contributed by atoms with Crippen LogP contribution in [-0.2, 0) is 6.54 Å². The molecular weight excluding hydrogens is 290 g/mol. The minimum absolute atomic E-state index is 0.400. The van der Waals surface area contributed by atoms with E-state index in [-0.39, 0.29) is 0 Å². The number of hydrogen-bond donors (Lipinski definition) is 1. The third kappa shape index (κ3) is 4.09. The molecular formula is C14H26BrN3. The Kier molecular flexibility index (Phi) is 6.94.